The van der Waals surface area contributed by atoms with Crippen LogP contribution < -0.4 is 15.4 Å². The Bertz CT molecular complexity index is 1370. The maximum Gasteiger partial charge on any atom is 0.223 e. The molecule has 0 aliphatic carbocycles. The summed E-state index contributed by atoms with van der Waals surface area (Å²) >= 11 is 6.60. The molecule has 38 heavy (non-hydrogen) atoms. The molecule has 2 N–H and O–H groups in total. The van der Waals surface area contributed by atoms with Crippen LogP contribution in [0.25, 0.3) is 11.0 Å². The van der Waals surface area contributed by atoms with Crippen LogP contribution in [0.15, 0.2) is 42.7 Å². The number of fused-ring (bicyclic) bond motifs is 1. The standard InChI is InChI=1S/C29H38ClN7O/c1-6-36(16-15-35(4)23-12-8-7-9-13-23)14-10-11-22-18-37(28-25(22)27(30)33-29(31)34-28)19-24-21(3)26(38-5)20(2)17-32-24/h7-9,12-13,17-18H,6,10-11,14-16,19H2,1-5H3,(H2,31,33,34). The number of nitrogens with zero attached hydrogens (tertiary/aromatic N) is 6. The zero-order valence-electron chi connectivity index (χ0n) is 23.0. The Morgan fingerprint density at radius 3 is 2.55 bits per heavy atom. The number of ether oxygens (including phenoxy) is 1. The number of pyridine rings is 1. The predicted molar refractivity (Wildman–Crippen MR) is 156 cm³/mol. The zero-order chi connectivity index (χ0) is 27.2. The second-order valence-electron chi connectivity index (χ2n) is 9.69. The van der Waals surface area contributed by atoms with Crippen molar-refractivity contribution >= 4 is 34.3 Å². The molecule has 0 radical (unpaired) electrons. The highest BCUT2D eigenvalue weighted by Gasteiger charge is 2.18. The number of aryl methyl sites for hydroxylation is 2. The van der Waals surface area contributed by atoms with E-state index < -0.39 is 0 Å². The van der Waals surface area contributed by atoms with E-state index in [1.165, 1.54) is 5.69 Å². The third-order valence-electron chi connectivity index (χ3n) is 7.15. The Kier molecular flexibility index (Phi) is 9.07. The van der Waals surface area contributed by atoms with Crippen molar-refractivity contribution in [2.75, 3.05) is 51.0 Å². The Morgan fingerprint density at radius 1 is 1.08 bits per heavy atom. The highest BCUT2D eigenvalue weighted by Crippen LogP contribution is 2.30. The Balaban J connectivity index is 1.48. The van der Waals surface area contributed by atoms with Gasteiger partial charge in [0.05, 0.1) is 24.7 Å². The van der Waals surface area contributed by atoms with Crippen LogP contribution in [0.5, 0.6) is 5.75 Å². The van der Waals surface area contributed by atoms with Crippen LogP contribution in [0.2, 0.25) is 5.15 Å². The van der Waals surface area contributed by atoms with Crippen LogP contribution in [0.4, 0.5) is 11.6 Å². The number of methoxy groups -OCH3 is 1. The van der Waals surface area contributed by atoms with Crippen molar-refractivity contribution in [3.05, 3.63) is 70.3 Å². The number of para-hydroxylation sites is 1. The van der Waals surface area contributed by atoms with Gasteiger partial charge in [-0.3, -0.25) is 4.98 Å². The van der Waals surface area contributed by atoms with E-state index in [-0.39, 0.29) is 5.95 Å². The predicted octanol–water partition coefficient (Wildman–Crippen LogP) is 5.13. The molecular weight excluding hydrogens is 498 g/mol. The monoisotopic (exact) mass is 535 g/mol. The van der Waals surface area contributed by atoms with Gasteiger partial charge in [-0.05, 0) is 57.5 Å². The van der Waals surface area contributed by atoms with Crippen molar-refractivity contribution in [1.29, 1.82) is 0 Å². The van der Waals surface area contributed by atoms with Crippen LogP contribution in [-0.2, 0) is 13.0 Å². The molecule has 0 saturated carbocycles. The van der Waals surface area contributed by atoms with Gasteiger partial charge in [-0.15, -0.1) is 0 Å². The van der Waals surface area contributed by atoms with Gasteiger partial charge in [0.25, 0.3) is 0 Å². The van der Waals surface area contributed by atoms with Crippen molar-refractivity contribution in [2.24, 2.45) is 0 Å². The molecule has 0 amide bonds. The summed E-state index contributed by atoms with van der Waals surface area (Å²) in [6.07, 6.45) is 5.83. The van der Waals surface area contributed by atoms with E-state index in [0.717, 1.165) is 78.2 Å². The third kappa shape index (κ3) is 6.19. The van der Waals surface area contributed by atoms with Crippen molar-refractivity contribution in [3.63, 3.8) is 0 Å². The maximum absolute atomic E-state index is 6.60. The second-order valence-corrected chi connectivity index (χ2v) is 10.1. The van der Waals surface area contributed by atoms with Gasteiger partial charge >= 0.3 is 0 Å². The molecule has 0 aliphatic heterocycles. The third-order valence-corrected chi connectivity index (χ3v) is 7.43. The van der Waals surface area contributed by atoms with Crippen molar-refractivity contribution < 1.29 is 4.74 Å². The van der Waals surface area contributed by atoms with E-state index in [4.69, 9.17) is 22.1 Å². The lowest BCUT2D eigenvalue weighted by atomic mass is 10.1. The maximum atomic E-state index is 6.60. The van der Waals surface area contributed by atoms with Gasteiger partial charge < -0.3 is 24.8 Å². The Hall–Kier alpha value is -3.36. The second kappa shape index (κ2) is 12.5. The fourth-order valence-electron chi connectivity index (χ4n) is 4.96. The molecule has 1 aromatic carbocycles. The first-order chi connectivity index (χ1) is 18.3. The number of anilines is 2. The van der Waals surface area contributed by atoms with E-state index in [1.54, 1.807) is 7.11 Å². The summed E-state index contributed by atoms with van der Waals surface area (Å²) in [5, 5.41) is 1.26. The number of nitrogens with two attached hydrogens (primary N) is 1. The van der Waals surface area contributed by atoms with E-state index in [2.05, 4.69) is 73.8 Å². The van der Waals surface area contributed by atoms with Gasteiger partial charge in [-0.25, -0.2) is 4.98 Å². The largest absolute Gasteiger partial charge is 0.496 e. The van der Waals surface area contributed by atoms with Gasteiger partial charge in [0.2, 0.25) is 5.95 Å². The van der Waals surface area contributed by atoms with E-state index in [1.807, 2.05) is 26.1 Å². The molecular formula is C29H38ClN7O. The van der Waals surface area contributed by atoms with Gasteiger partial charge in [0.15, 0.2) is 0 Å². The number of nitrogen functional groups attached to an aromatic ring is 1. The molecule has 0 atom stereocenters. The minimum atomic E-state index is 0.166. The Morgan fingerprint density at radius 2 is 1.84 bits per heavy atom. The summed E-state index contributed by atoms with van der Waals surface area (Å²) in [6, 6.07) is 10.5. The summed E-state index contributed by atoms with van der Waals surface area (Å²) in [5.74, 6) is 1.02. The van der Waals surface area contributed by atoms with Crippen LogP contribution >= 0.6 is 11.6 Å². The molecule has 0 saturated heterocycles. The number of hydrogen-bond donors (Lipinski definition) is 1. The molecule has 4 rings (SSSR count). The fourth-order valence-corrected chi connectivity index (χ4v) is 5.25. The van der Waals surface area contributed by atoms with Crippen LogP contribution in [0.1, 0.15) is 35.7 Å². The molecule has 0 aliphatic rings. The zero-order valence-corrected chi connectivity index (χ0v) is 23.8. The summed E-state index contributed by atoms with van der Waals surface area (Å²) in [5.41, 5.74) is 12.0. The van der Waals surface area contributed by atoms with Gasteiger partial charge in [-0.2, -0.15) is 4.98 Å². The lowest BCUT2D eigenvalue weighted by Gasteiger charge is -2.25. The molecule has 202 valence electrons. The molecule has 0 bridgehead atoms. The van der Waals surface area contributed by atoms with E-state index >= 15 is 0 Å². The highest BCUT2D eigenvalue weighted by atomic mass is 35.5. The number of benzene rings is 1. The number of halogens is 1. The van der Waals surface area contributed by atoms with Crippen molar-refractivity contribution in [3.8, 4) is 5.75 Å². The van der Waals surface area contributed by atoms with Crippen LogP contribution in [0, 0.1) is 13.8 Å². The molecule has 4 aromatic rings. The van der Waals surface area contributed by atoms with Crippen LogP contribution in [-0.4, -0.2) is 64.8 Å². The number of aromatic nitrogens is 4. The molecule has 9 heteroatoms. The average molecular weight is 536 g/mol. The molecule has 3 aromatic heterocycles. The fraction of sp³-hybridized carbons (Fsp3) is 0.414. The van der Waals surface area contributed by atoms with Crippen molar-refractivity contribution in [2.45, 2.75) is 40.2 Å². The first-order valence-electron chi connectivity index (χ1n) is 13.1. The summed E-state index contributed by atoms with van der Waals surface area (Å²) < 4.78 is 7.68. The molecule has 3 heterocycles. The minimum absolute atomic E-state index is 0.166. The molecule has 8 nitrogen and oxygen atoms in total. The number of likely N-dealkylation sites (N-methyl/N-ethyl adjacent to an activating group) is 2. The topological polar surface area (TPSA) is 85.3 Å². The quantitative estimate of drug-likeness (QED) is 0.252. The average Bonchev–Trinajstić information content (AvgIpc) is 3.25. The normalized spacial score (nSPS) is 11.4. The first-order valence-corrected chi connectivity index (χ1v) is 13.5. The lowest BCUT2D eigenvalue weighted by molar-refractivity contribution is 0.291. The van der Waals surface area contributed by atoms with Crippen molar-refractivity contribution in [1.82, 2.24) is 24.4 Å². The van der Waals surface area contributed by atoms with Gasteiger partial charge in [0, 0.05) is 49.3 Å². The highest BCUT2D eigenvalue weighted by molar-refractivity contribution is 6.34. The van der Waals surface area contributed by atoms with E-state index in [0.29, 0.717) is 11.7 Å². The van der Waals surface area contributed by atoms with Crippen LogP contribution in [0.3, 0.4) is 0 Å². The summed E-state index contributed by atoms with van der Waals surface area (Å²) in [6.45, 7) is 10.8. The van der Waals surface area contributed by atoms with E-state index in [9.17, 15) is 0 Å². The number of hydrogen-bond acceptors (Lipinski definition) is 7. The molecule has 0 fully saturated rings. The Labute approximate surface area is 230 Å². The molecule has 0 spiro atoms. The van der Waals surface area contributed by atoms with Gasteiger partial charge in [0.1, 0.15) is 16.5 Å². The summed E-state index contributed by atoms with van der Waals surface area (Å²) in [7, 11) is 3.83. The lowest BCUT2D eigenvalue weighted by Crippen LogP contribution is -2.34. The first kappa shape index (κ1) is 27.7. The smallest absolute Gasteiger partial charge is 0.223 e. The summed E-state index contributed by atoms with van der Waals surface area (Å²) in [4.78, 5) is 18.3. The molecule has 0 unspecified atom stereocenters. The SMILES string of the molecule is CCN(CCCc1cn(Cc2ncc(C)c(OC)c2C)c2nc(N)nc(Cl)c12)CCN(C)c1ccccc1. The number of rotatable bonds is 12. The van der Waals surface area contributed by atoms with Gasteiger partial charge in [-0.1, -0.05) is 36.7 Å². The minimum Gasteiger partial charge on any atom is -0.496 e.